The number of ether oxygens (including phenoxy) is 1. The summed E-state index contributed by atoms with van der Waals surface area (Å²) in [6.45, 7) is 4.98. The van der Waals surface area contributed by atoms with E-state index in [-0.39, 0.29) is 23.4 Å². The van der Waals surface area contributed by atoms with E-state index in [1.54, 1.807) is 19.9 Å². The number of carbonyl (C=O) groups excluding carboxylic acids is 1. The number of aliphatic hydroxyl groups is 1. The van der Waals surface area contributed by atoms with Crippen LogP contribution in [0.1, 0.15) is 32.4 Å². The van der Waals surface area contributed by atoms with Crippen LogP contribution in [-0.4, -0.2) is 22.6 Å². The van der Waals surface area contributed by atoms with Crippen LogP contribution in [0.3, 0.4) is 0 Å². The summed E-state index contributed by atoms with van der Waals surface area (Å²) in [5.74, 6) is -0.536. The zero-order valence-electron chi connectivity index (χ0n) is 12.1. The summed E-state index contributed by atoms with van der Waals surface area (Å²) in [6.07, 6.45) is -1.21. The Labute approximate surface area is 122 Å². The monoisotopic (exact) mass is 291 g/mol. The van der Waals surface area contributed by atoms with Crippen LogP contribution in [0.5, 0.6) is 0 Å². The number of hydrogen-bond donors (Lipinski definition) is 1. The van der Waals surface area contributed by atoms with Gasteiger partial charge >= 0.3 is 5.97 Å². The molecular weight excluding hydrogens is 274 g/mol. The van der Waals surface area contributed by atoms with Gasteiger partial charge in [-0.2, -0.15) is 0 Å². The van der Waals surface area contributed by atoms with Gasteiger partial charge < -0.3 is 9.84 Å². The van der Waals surface area contributed by atoms with E-state index >= 15 is 0 Å². The molecule has 0 saturated carbocycles. The highest BCUT2D eigenvalue weighted by molar-refractivity contribution is 5.87. The normalized spacial score (nSPS) is 11.2. The van der Waals surface area contributed by atoms with Crippen molar-refractivity contribution in [1.82, 2.24) is 0 Å². The molecule has 21 heavy (non-hydrogen) atoms. The summed E-state index contributed by atoms with van der Waals surface area (Å²) in [4.78, 5) is 21.9. The number of nitro benzene ring substituents is 1. The largest absolute Gasteiger partial charge is 0.462 e. The molecular formula is C15H17NO5. The van der Waals surface area contributed by atoms with Crippen molar-refractivity contribution in [2.75, 3.05) is 6.61 Å². The van der Waals surface area contributed by atoms with Crippen LogP contribution in [-0.2, 0) is 9.53 Å². The van der Waals surface area contributed by atoms with E-state index in [2.05, 4.69) is 5.73 Å². The average molecular weight is 291 g/mol. The lowest BCUT2D eigenvalue weighted by atomic mass is 10.0. The van der Waals surface area contributed by atoms with Gasteiger partial charge in [0.25, 0.3) is 5.69 Å². The molecule has 0 amide bonds. The van der Waals surface area contributed by atoms with Gasteiger partial charge in [0, 0.05) is 11.6 Å². The van der Waals surface area contributed by atoms with Gasteiger partial charge in [-0.15, -0.1) is 5.73 Å². The molecule has 1 unspecified atom stereocenters. The van der Waals surface area contributed by atoms with Gasteiger partial charge in [-0.3, -0.25) is 10.1 Å². The summed E-state index contributed by atoms with van der Waals surface area (Å²) in [6, 6.07) is 5.90. The second-order valence-electron chi connectivity index (χ2n) is 4.37. The molecule has 1 rings (SSSR count). The second-order valence-corrected chi connectivity index (χ2v) is 4.37. The predicted molar refractivity (Wildman–Crippen MR) is 76.6 cm³/mol. The first kappa shape index (κ1) is 16.6. The summed E-state index contributed by atoms with van der Waals surface area (Å²) in [5, 5.41) is 21.2. The van der Waals surface area contributed by atoms with Gasteiger partial charge in [0.1, 0.15) is 6.10 Å². The molecule has 0 bridgehead atoms. The molecule has 0 aliphatic rings. The first-order valence-corrected chi connectivity index (χ1v) is 6.41. The zero-order chi connectivity index (χ0) is 16.0. The Morgan fingerprint density at radius 3 is 2.62 bits per heavy atom. The fraction of sp³-hybridized carbons (Fsp3) is 0.333. The van der Waals surface area contributed by atoms with Crippen LogP contribution in [0.4, 0.5) is 5.69 Å². The van der Waals surface area contributed by atoms with Crippen LogP contribution in [0, 0.1) is 10.1 Å². The third-order valence-corrected chi connectivity index (χ3v) is 2.80. The SMILES string of the molecule is CCOC(=O)C(C)=C=C(C)C(O)c1ccccc1[N+](=O)[O-]. The Hall–Kier alpha value is -2.43. The van der Waals surface area contributed by atoms with E-state index in [0.717, 1.165) is 0 Å². The molecule has 6 nitrogen and oxygen atoms in total. The number of esters is 1. The maximum atomic E-state index is 11.5. The Bertz CT molecular complexity index is 614. The fourth-order valence-corrected chi connectivity index (χ4v) is 1.77. The van der Waals surface area contributed by atoms with E-state index < -0.39 is 17.0 Å². The molecule has 0 heterocycles. The van der Waals surface area contributed by atoms with Gasteiger partial charge in [0.05, 0.1) is 22.7 Å². The minimum Gasteiger partial charge on any atom is -0.462 e. The summed E-state index contributed by atoms with van der Waals surface area (Å²) >= 11 is 0. The van der Waals surface area contributed by atoms with Crippen molar-refractivity contribution >= 4 is 11.7 Å². The molecule has 1 atom stereocenters. The van der Waals surface area contributed by atoms with Gasteiger partial charge in [0.15, 0.2) is 0 Å². The van der Waals surface area contributed by atoms with Crippen LogP contribution >= 0.6 is 0 Å². The number of carbonyl (C=O) groups is 1. The van der Waals surface area contributed by atoms with Crippen LogP contribution in [0.25, 0.3) is 0 Å². The maximum absolute atomic E-state index is 11.5. The Kier molecular flexibility index (Phi) is 5.84. The topological polar surface area (TPSA) is 89.7 Å². The van der Waals surface area contributed by atoms with Crippen molar-refractivity contribution in [1.29, 1.82) is 0 Å². The molecule has 0 aromatic heterocycles. The quantitative estimate of drug-likeness (QED) is 0.296. The van der Waals surface area contributed by atoms with Gasteiger partial charge in [0.2, 0.25) is 0 Å². The van der Waals surface area contributed by atoms with Crippen LogP contribution in [0.2, 0.25) is 0 Å². The Morgan fingerprint density at radius 1 is 1.43 bits per heavy atom. The van der Waals surface area contributed by atoms with Crippen molar-refractivity contribution < 1.29 is 19.6 Å². The minimum atomic E-state index is -1.21. The first-order chi connectivity index (χ1) is 9.88. The summed E-state index contributed by atoms with van der Waals surface area (Å²) in [5.41, 5.74) is 3.19. The molecule has 1 N–H and O–H groups in total. The molecule has 6 heteroatoms. The van der Waals surface area contributed by atoms with E-state index in [1.165, 1.54) is 25.1 Å². The van der Waals surface area contributed by atoms with E-state index in [9.17, 15) is 20.0 Å². The molecule has 0 fully saturated rings. The summed E-state index contributed by atoms with van der Waals surface area (Å²) < 4.78 is 4.81. The molecule has 0 radical (unpaired) electrons. The van der Waals surface area contributed by atoms with Crippen molar-refractivity contribution in [3.05, 3.63) is 56.8 Å². The van der Waals surface area contributed by atoms with Crippen molar-refractivity contribution in [3.63, 3.8) is 0 Å². The molecule has 0 aliphatic carbocycles. The number of para-hydroxylation sites is 1. The zero-order valence-corrected chi connectivity index (χ0v) is 12.1. The lowest BCUT2D eigenvalue weighted by Crippen LogP contribution is -2.06. The number of rotatable bonds is 5. The highest BCUT2D eigenvalue weighted by Gasteiger charge is 2.21. The average Bonchev–Trinajstić information content (AvgIpc) is 2.46. The third-order valence-electron chi connectivity index (χ3n) is 2.80. The van der Waals surface area contributed by atoms with Crippen LogP contribution in [0.15, 0.2) is 41.1 Å². The summed E-state index contributed by atoms with van der Waals surface area (Å²) in [7, 11) is 0. The maximum Gasteiger partial charge on any atom is 0.341 e. The van der Waals surface area contributed by atoms with Gasteiger partial charge in [-0.1, -0.05) is 12.1 Å². The van der Waals surface area contributed by atoms with Crippen LogP contribution < -0.4 is 0 Å². The number of hydrogen-bond acceptors (Lipinski definition) is 5. The minimum absolute atomic E-state index is 0.157. The standard InChI is InChI=1S/C15H17NO5/c1-4-21-15(18)11(3)9-10(2)14(17)12-7-5-6-8-13(12)16(19)20/h5-8,14,17H,4H2,1-3H3. The van der Waals surface area contributed by atoms with Crippen molar-refractivity contribution in [2.24, 2.45) is 0 Å². The Balaban J connectivity index is 3.19. The van der Waals surface area contributed by atoms with Gasteiger partial charge in [-0.25, -0.2) is 4.79 Å². The fourth-order valence-electron chi connectivity index (χ4n) is 1.77. The smallest absolute Gasteiger partial charge is 0.341 e. The Morgan fingerprint density at radius 2 is 2.05 bits per heavy atom. The molecule has 1 aromatic carbocycles. The van der Waals surface area contributed by atoms with E-state index in [4.69, 9.17) is 4.74 Å². The molecule has 0 aliphatic heterocycles. The van der Waals surface area contributed by atoms with Crippen molar-refractivity contribution in [3.8, 4) is 0 Å². The lowest BCUT2D eigenvalue weighted by Gasteiger charge is -2.10. The predicted octanol–water partition coefficient (Wildman–Crippen LogP) is 2.68. The number of nitro groups is 1. The number of aliphatic hydroxyl groups excluding tert-OH is 1. The second kappa shape index (κ2) is 7.38. The van der Waals surface area contributed by atoms with Gasteiger partial charge in [-0.05, 0) is 26.8 Å². The highest BCUT2D eigenvalue weighted by atomic mass is 16.6. The molecule has 112 valence electrons. The molecule has 1 aromatic rings. The third kappa shape index (κ3) is 4.27. The van der Waals surface area contributed by atoms with E-state index in [1.807, 2.05) is 0 Å². The van der Waals surface area contributed by atoms with E-state index in [0.29, 0.717) is 5.57 Å². The lowest BCUT2D eigenvalue weighted by molar-refractivity contribution is -0.386. The molecule has 0 spiro atoms. The number of nitrogens with zero attached hydrogens (tertiary/aromatic N) is 1. The number of benzene rings is 1. The highest BCUT2D eigenvalue weighted by Crippen LogP contribution is 2.29. The molecule has 0 saturated heterocycles. The first-order valence-electron chi connectivity index (χ1n) is 6.41. The van der Waals surface area contributed by atoms with Crippen molar-refractivity contribution in [2.45, 2.75) is 26.9 Å².